The Morgan fingerprint density at radius 2 is 1.86 bits per heavy atom. The fourth-order valence-electron chi connectivity index (χ4n) is 0.894. The summed E-state index contributed by atoms with van der Waals surface area (Å²) in [4.78, 5) is 6.21. The first kappa shape index (κ1) is 8.66. The number of anilines is 1. The largest absolute Gasteiger partial charge is 0.451 e. The van der Waals surface area contributed by atoms with E-state index in [1.54, 1.807) is 0 Å². The lowest BCUT2D eigenvalue weighted by atomic mass is 10.4. The number of nitrogens with two attached hydrogens (primary N) is 1. The highest BCUT2D eigenvalue weighted by molar-refractivity contribution is 5.79. The zero-order valence-electron chi connectivity index (χ0n) is 6.50. The van der Waals surface area contributed by atoms with Crippen molar-refractivity contribution in [2.45, 2.75) is 6.18 Å². The Morgan fingerprint density at radius 1 is 1.14 bits per heavy atom. The summed E-state index contributed by atoms with van der Waals surface area (Å²) in [7, 11) is 0. The van der Waals surface area contributed by atoms with E-state index in [9.17, 15) is 13.2 Å². The number of hydrogen-bond donors (Lipinski definition) is 2. The second-order valence-electron chi connectivity index (χ2n) is 2.43. The quantitative estimate of drug-likeness (QED) is 0.645. The third-order valence-corrected chi connectivity index (χ3v) is 1.46. The van der Waals surface area contributed by atoms with Gasteiger partial charge >= 0.3 is 6.18 Å². The fraction of sp³-hybridized carbons (Fsp3) is 0.200. The molecular formula is C5H3F3N6. The van der Waals surface area contributed by atoms with Gasteiger partial charge in [-0.15, -0.1) is 5.10 Å². The number of nitrogens with zero attached hydrogens (tertiary/aromatic N) is 4. The molecule has 2 heterocycles. The van der Waals surface area contributed by atoms with Crippen molar-refractivity contribution < 1.29 is 13.2 Å². The zero-order chi connectivity index (χ0) is 10.3. The van der Waals surface area contributed by atoms with Gasteiger partial charge in [0.25, 0.3) is 0 Å². The highest BCUT2D eigenvalue weighted by Gasteiger charge is 2.35. The summed E-state index contributed by atoms with van der Waals surface area (Å²) in [6.07, 6.45) is -4.64. The molecule has 6 nitrogen and oxygen atoms in total. The predicted molar refractivity (Wildman–Crippen MR) is 38.9 cm³/mol. The number of nitrogens with one attached hydrogen (secondary N) is 1. The highest BCUT2D eigenvalue weighted by atomic mass is 19.4. The first-order valence-corrected chi connectivity index (χ1v) is 3.39. The number of aromatic amines is 1. The van der Waals surface area contributed by atoms with Crippen molar-refractivity contribution in [3.05, 3.63) is 5.82 Å². The van der Waals surface area contributed by atoms with Crippen LogP contribution in [0.15, 0.2) is 0 Å². The molecule has 0 spiro atoms. The third-order valence-electron chi connectivity index (χ3n) is 1.46. The molecule has 0 atom stereocenters. The number of H-pyrrole nitrogens is 1. The molecule has 0 amide bonds. The van der Waals surface area contributed by atoms with Crippen molar-refractivity contribution in [2.75, 3.05) is 5.73 Å². The van der Waals surface area contributed by atoms with E-state index in [2.05, 4.69) is 25.4 Å². The molecular weight excluding hydrogens is 201 g/mol. The molecule has 0 aliphatic rings. The second-order valence-corrected chi connectivity index (χ2v) is 2.43. The number of halogens is 3. The Kier molecular flexibility index (Phi) is 1.56. The first-order chi connectivity index (χ1) is 6.48. The van der Waals surface area contributed by atoms with Gasteiger partial charge in [-0.1, -0.05) is 0 Å². The minimum absolute atomic E-state index is 0.0259. The van der Waals surface area contributed by atoms with Crippen LogP contribution in [0.5, 0.6) is 0 Å². The number of aromatic nitrogens is 5. The summed E-state index contributed by atoms with van der Waals surface area (Å²) in [5, 5.41) is 8.98. The molecule has 0 bridgehead atoms. The van der Waals surface area contributed by atoms with Gasteiger partial charge in [-0.3, -0.25) is 0 Å². The lowest BCUT2D eigenvalue weighted by Gasteiger charge is -2.03. The summed E-state index contributed by atoms with van der Waals surface area (Å²) in [5.74, 6) is -1.67. The Morgan fingerprint density at radius 3 is 2.50 bits per heavy atom. The van der Waals surface area contributed by atoms with Crippen LogP contribution in [0.2, 0.25) is 0 Å². The average Bonchev–Trinajstić information content (AvgIpc) is 2.50. The molecule has 0 unspecified atom stereocenters. The van der Waals surface area contributed by atoms with Crippen LogP contribution in [0.4, 0.5) is 19.0 Å². The van der Waals surface area contributed by atoms with E-state index in [4.69, 9.17) is 5.73 Å². The minimum Gasteiger partial charge on any atom is -0.382 e. The molecule has 14 heavy (non-hydrogen) atoms. The second kappa shape index (κ2) is 2.53. The van der Waals surface area contributed by atoms with E-state index in [-0.39, 0.29) is 17.0 Å². The maximum absolute atomic E-state index is 12.2. The fourth-order valence-corrected chi connectivity index (χ4v) is 0.894. The molecule has 2 aromatic heterocycles. The van der Waals surface area contributed by atoms with Crippen molar-refractivity contribution in [3.8, 4) is 0 Å². The standard InChI is InChI=1S/C5H3F3N6/c6-5(7,8)4-10-2(9)1-3(11-4)13-14-12-1/h(H3,9,10,11,12,13,14). The summed E-state index contributed by atoms with van der Waals surface area (Å²) in [6, 6.07) is 0. The van der Waals surface area contributed by atoms with Crippen LogP contribution in [0.25, 0.3) is 11.2 Å². The van der Waals surface area contributed by atoms with E-state index in [1.165, 1.54) is 0 Å². The van der Waals surface area contributed by atoms with E-state index < -0.39 is 12.0 Å². The van der Waals surface area contributed by atoms with Crippen LogP contribution < -0.4 is 5.73 Å². The number of hydrogen-bond acceptors (Lipinski definition) is 5. The van der Waals surface area contributed by atoms with Crippen LogP contribution >= 0.6 is 0 Å². The van der Waals surface area contributed by atoms with Gasteiger partial charge in [0.15, 0.2) is 11.3 Å². The highest BCUT2D eigenvalue weighted by Crippen LogP contribution is 2.27. The molecule has 0 saturated heterocycles. The smallest absolute Gasteiger partial charge is 0.382 e. The van der Waals surface area contributed by atoms with Crippen LogP contribution in [0, 0.1) is 0 Å². The molecule has 74 valence electrons. The predicted octanol–water partition coefficient (Wildman–Crippen LogP) is 0.349. The molecule has 0 aliphatic heterocycles. The van der Waals surface area contributed by atoms with Crippen LogP contribution in [-0.2, 0) is 6.18 Å². The van der Waals surface area contributed by atoms with Crippen molar-refractivity contribution in [1.82, 2.24) is 25.4 Å². The Balaban J connectivity index is 2.70. The molecule has 0 radical (unpaired) electrons. The lowest BCUT2D eigenvalue weighted by molar-refractivity contribution is -0.144. The average molecular weight is 204 g/mol. The maximum atomic E-state index is 12.2. The van der Waals surface area contributed by atoms with Gasteiger partial charge in [-0.25, -0.2) is 9.97 Å². The number of fused-ring (bicyclic) bond motifs is 1. The summed E-state index contributed by atoms with van der Waals surface area (Å²) in [6.45, 7) is 0. The van der Waals surface area contributed by atoms with Gasteiger partial charge < -0.3 is 5.73 Å². The van der Waals surface area contributed by atoms with Crippen molar-refractivity contribution in [1.29, 1.82) is 0 Å². The Hall–Kier alpha value is -1.93. The molecule has 3 N–H and O–H groups in total. The van der Waals surface area contributed by atoms with Gasteiger partial charge in [-0.2, -0.15) is 23.5 Å². The van der Waals surface area contributed by atoms with E-state index in [0.29, 0.717) is 0 Å². The SMILES string of the molecule is Nc1nc(C(F)(F)F)nc2n[nH]nc12. The van der Waals surface area contributed by atoms with Gasteiger partial charge in [0, 0.05) is 0 Å². The Labute approximate surface area is 74.3 Å². The zero-order valence-corrected chi connectivity index (χ0v) is 6.50. The molecule has 0 aromatic carbocycles. The molecule has 0 aliphatic carbocycles. The third kappa shape index (κ3) is 1.22. The molecule has 0 saturated carbocycles. The molecule has 0 fully saturated rings. The monoisotopic (exact) mass is 204 g/mol. The lowest BCUT2D eigenvalue weighted by Crippen LogP contribution is -2.12. The normalized spacial score (nSPS) is 12.2. The maximum Gasteiger partial charge on any atom is 0.451 e. The van der Waals surface area contributed by atoms with Crippen LogP contribution in [0.3, 0.4) is 0 Å². The molecule has 2 aromatic rings. The topological polar surface area (TPSA) is 93.4 Å². The van der Waals surface area contributed by atoms with Crippen LogP contribution in [-0.4, -0.2) is 25.4 Å². The summed E-state index contributed by atoms with van der Waals surface area (Å²) < 4.78 is 36.5. The van der Waals surface area contributed by atoms with Gasteiger partial charge in [-0.05, 0) is 0 Å². The van der Waals surface area contributed by atoms with E-state index in [1.807, 2.05) is 0 Å². The van der Waals surface area contributed by atoms with Crippen molar-refractivity contribution >= 4 is 17.0 Å². The summed E-state index contributed by atoms with van der Waals surface area (Å²) >= 11 is 0. The first-order valence-electron chi connectivity index (χ1n) is 3.39. The van der Waals surface area contributed by atoms with Crippen LogP contribution in [0.1, 0.15) is 5.82 Å². The number of nitrogen functional groups attached to an aromatic ring is 1. The van der Waals surface area contributed by atoms with Crippen molar-refractivity contribution in [3.63, 3.8) is 0 Å². The number of alkyl halides is 3. The van der Waals surface area contributed by atoms with Gasteiger partial charge in [0.05, 0.1) is 0 Å². The van der Waals surface area contributed by atoms with Gasteiger partial charge in [0.1, 0.15) is 0 Å². The number of rotatable bonds is 0. The molecule has 9 heteroatoms. The van der Waals surface area contributed by atoms with E-state index in [0.717, 1.165) is 0 Å². The molecule has 2 rings (SSSR count). The minimum atomic E-state index is -4.64. The van der Waals surface area contributed by atoms with Gasteiger partial charge in [0.2, 0.25) is 11.5 Å². The van der Waals surface area contributed by atoms with E-state index >= 15 is 0 Å². The van der Waals surface area contributed by atoms with Crippen molar-refractivity contribution in [2.24, 2.45) is 0 Å². The Bertz CT molecular complexity index is 474. The summed E-state index contributed by atoms with van der Waals surface area (Å²) in [5.41, 5.74) is 5.05.